The van der Waals surface area contributed by atoms with E-state index in [1.165, 1.54) is 31.4 Å². The molecule has 0 aliphatic rings. The molecule has 51 heavy (non-hydrogen) atoms. The van der Waals surface area contributed by atoms with Crippen LogP contribution in [0.25, 0.3) is 0 Å². The standard InChI is InChI=1S/C35H42F3N2O9PSi/c1-46-31(41)29(39-33(43)35(36,37)38)21-24-11-15-27(16-12-24)50(45,47-2)28-17-13-25(14-18-28)22-30(32(42)48-19-20-51(3,4)5)40-34(44)49-23-26-9-7-6-8-10-26/h6-18,29-30H,19-23H2,1-5H3,(H,39,43)(H,40,44)/t29-,30-,50?/m0/s1. The van der Waals surface area contributed by atoms with Crippen LogP contribution in [0.4, 0.5) is 18.0 Å². The molecule has 3 aromatic rings. The summed E-state index contributed by atoms with van der Waals surface area (Å²) >= 11 is 0. The molecule has 276 valence electrons. The van der Waals surface area contributed by atoms with Crippen LogP contribution >= 0.6 is 7.37 Å². The number of carbonyl (C=O) groups excluding carboxylic acids is 4. The van der Waals surface area contributed by atoms with Gasteiger partial charge in [-0.15, -0.1) is 0 Å². The summed E-state index contributed by atoms with van der Waals surface area (Å²) in [7, 11) is -2.93. The van der Waals surface area contributed by atoms with Crippen molar-refractivity contribution in [3.05, 3.63) is 95.6 Å². The number of amides is 2. The van der Waals surface area contributed by atoms with E-state index in [0.29, 0.717) is 16.4 Å². The van der Waals surface area contributed by atoms with Crippen LogP contribution in [0.1, 0.15) is 16.7 Å². The van der Waals surface area contributed by atoms with Crippen LogP contribution in [-0.2, 0) is 57.1 Å². The van der Waals surface area contributed by atoms with Gasteiger partial charge in [-0.25, -0.2) is 14.4 Å². The number of benzene rings is 3. The third-order valence-electron chi connectivity index (χ3n) is 7.62. The minimum atomic E-state index is -5.20. The lowest BCUT2D eigenvalue weighted by Gasteiger charge is -2.21. The molecule has 0 saturated carbocycles. The van der Waals surface area contributed by atoms with Crippen LogP contribution in [0, 0.1) is 0 Å². The van der Waals surface area contributed by atoms with E-state index >= 15 is 0 Å². The quantitative estimate of drug-likeness (QED) is 0.0890. The first kappa shape index (κ1) is 41.0. The molecule has 0 aliphatic heterocycles. The number of nitrogens with one attached hydrogen (secondary N) is 2. The Bertz CT molecular complexity index is 1680. The first-order valence-corrected chi connectivity index (χ1v) is 21.2. The van der Waals surface area contributed by atoms with Gasteiger partial charge < -0.3 is 29.4 Å². The molecule has 2 N–H and O–H groups in total. The number of alkyl halides is 3. The summed E-state index contributed by atoms with van der Waals surface area (Å²) < 4.78 is 73.3. The van der Waals surface area contributed by atoms with Gasteiger partial charge in [-0.1, -0.05) is 74.2 Å². The molecular formula is C35H42F3N2O9PSi. The Morgan fingerprint density at radius 3 is 1.69 bits per heavy atom. The molecule has 3 rings (SSSR count). The summed E-state index contributed by atoms with van der Waals surface area (Å²) in [5, 5.41) is 4.78. The van der Waals surface area contributed by atoms with Gasteiger partial charge in [0, 0.05) is 38.6 Å². The van der Waals surface area contributed by atoms with Crippen molar-refractivity contribution < 1.29 is 55.6 Å². The third-order valence-corrected chi connectivity index (χ3v) is 11.8. The van der Waals surface area contributed by atoms with Crippen molar-refractivity contribution in [1.82, 2.24) is 10.6 Å². The average Bonchev–Trinajstić information content (AvgIpc) is 3.09. The molecule has 0 radical (unpaired) electrons. The van der Waals surface area contributed by atoms with Crippen LogP contribution < -0.4 is 21.2 Å². The molecule has 16 heteroatoms. The van der Waals surface area contributed by atoms with Crippen molar-refractivity contribution in [1.29, 1.82) is 0 Å². The summed E-state index contributed by atoms with van der Waals surface area (Å²) in [4.78, 5) is 49.3. The van der Waals surface area contributed by atoms with Crippen LogP contribution in [0.15, 0.2) is 78.9 Å². The maximum absolute atomic E-state index is 14.1. The second-order valence-corrected chi connectivity index (χ2v) is 20.9. The predicted molar refractivity (Wildman–Crippen MR) is 187 cm³/mol. The SMILES string of the molecule is COC(=O)[C@H](Cc1ccc(P(=O)(OC)c2ccc(C[C@H](NC(=O)OCc3ccccc3)C(=O)OCC[Si](C)(C)C)cc2)cc1)NC(=O)C(F)(F)F. The Morgan fingerprint density at radius 1 is 0.725 bits per heavy atom. The Kier molecular flexibility index (Phi) is 14.6. The van der Waals surface area contributed by atoms with Gasteiger partial charge in [-0.3, -0.25) is 9.36 Å². The lowest BCUT2D eigenvalue weighted by atomic mass is 10.1. The lowest BCUT2D eigenvalue weighted by Crippen LogP contribution is -2.48. The minimum Gasteiger partial charge on any atom is -0.467 e. The van der Waals surface area contributed by atoms with E-state index < -0.39 is 57.6 Å². The zero-order valence-electron chi connectivity index (χ0n) is 29.0. The van der Waals surface area contributed by atoms with Crippen LogP contribution in [0.5, 0.6) is 0 Å². The fourth-order valence-corrected chi connectivity index (χ4v) is 7.24. The van der Waals surface area contributed by atoms with Gasteiger partial charge in [0.2, 0.25) is 0 Å². The Labute approximate surface area is 295 Å². The molecule has 2 amide bonds. The van der Waals surface area contributed by atoms with Gasteiger partial charge in [0.05, 0.1) is 13.7 Å². The van der Waals surface area contributed by atoms with Gasteiger partial charge in [0.15, 0.2) is 0 Å². The number of rotatable bonds is 16. The smallest absolute Gasteiger partial charge is 0.467 e. The first-order chi connectivity index (χ1) is 23.9. The van der Waals surface area contributed by atoms with Crippen LogP contribution in [0.3, 0.4) is 0 Å². The fraction of sp³-hybridized carbons (Fsp3) is 0.371. The van der Waals surface area contributed by atoms with E-state index in [4.69, 9.17) is 14.0 Å². The highest BCUT2D eigenvalue weighted by Crippen LogP contribution is 2.43. The zero-order valence-corrected chi connectivity index (χ0v) is 30.8. The van der Waals surface area contributed by atoms with Gasteiger partial charge in [-0.05, 0) is 47.0 Å². The molecule has 0 fully saturated rings. The molecule has 0 aliphatic carbocycles. The van der Waals surface area contributed by atoms with Crippen molar-refractivity contribution in [2.75, 3.05) is 20.8 Å². The minimum absolute atomic E-state index is 0.00648. The van der Waals surface area contributed by atoms with Gasteiger partial charge in [0.1, 0.15) is 18.7 Å². The number of esters is 2. The monoisotopic (exact) mass is 750 g/mol. The topological polar surface area (TPSA) is 146 Å². The van der Waals surface area contributed by atoms with E-state index in [1.807, 2.05) is 18.2 Å². The molecule has 3 atom stereocenters. The highest BCUT2D eigenvalue weighted by molar-refractivity contribution is 7.74. The molecule has 0 spiro atoms. The molecule has 0 saturated heterocycles. The maximum Gasteiger partial charge on any atom is 0.471 e. The molecule has 0 heterocycles. The van der Waals surface area contributed by atoms with Crippen molar-refractivity contribution in [3.8, 4) is 0 Å². The Balaban J connectivity index is 1.75. The van der Waals surface area contributed by atoms with E-state index in [9.17, 15) is 36.9 Å². The number of hydrogen-bond acceptors (Lipinski definition) is 9. The lowest BCUT2D eigenvalue weighted by molar-refractivity contribution is -0.175. The van der Waals surface area contributed by atoms with Crippen molar-refractivity contribution in [2.24, 2.45) is 0 Å². The third kappa shape index (κ3) is 12.7. The largest absolute Gasteiger partial charge is 0.471 e. The van der Waals surface area contributed by atoms with E-state index in [-0.39, 0.29) is 31.4 Å². The van der Waals surface area contributed by atoms with Crippen molar-refractivity contribution >= 4 is 50.0 Å². The molecule has 0 aromatic heterocycles. The number of halogens is 3. The van der Waals surface area contributed by atoms with Crippen molar-refractivity contribution in [3.63, 3.8) is 0 Å². The summed E-state index contributed by atoms with van der Waals surface area (Å²) in [5.41, 5.74) is 1.74. The van der Waals surface area contributed by atoms with E-state index in [1.54, 1.807) is 41.7 Å². The van der Waals surface area contributed by atoms with Crippen molar-refractivity contribution in [2.45, 2.75) is 63.4 Å². The summed E-state index contributed by atoms with van der Waals surface area (Å²) in [6.07, 6.45) is -6.27. The molecule has 3 aromatic carbocycles. The fourth-order valence-electron chi connectivity index (χ4n) is 4.72. The van der Waals surface area contributed by atoms with E-state index in [2.05, 4.69) is 29.7 Å². The summed E-state index contributed by atoms with van der Waals surface area (Å²) in [6, 6.07) is 19.3. The zero-order chi connectivity index (χ0) is 37.8. The highest BCUT2D eigenvalue weighted by atomic mass is 31.2. The number of methoxy groups -OCH3 is 1. The Morgan fingerprint density at radius 2 is 1.24 bits per heavy atom. The molecular weight excluding hydrogens is 708 g/mol. The number of alkyl carbamates (subject to hydrolysis) is 1. The van der Waals surface area contributed by atoms with Crippen LogP contribution in [0.2, 0.25) is 25.7 Å². The summed E-state index contributed by atoms with van der Waals surface area (Å²) in [5.74, 6) is -3.98. The average molecular weight is 751 g/mol. The van der Waals surface area contributed by atoms with Gasteiger partial charge >= 0.3 is 30.1 Å². The predicted octanol–water partition coefficient (Wildman–Crippen LogP) is 5.04. The van der Waals surface area contributed by atoms with Gasteiger partial charge in [-0.2, -0.15) is 13.2 Å². The maximum atomic E-state index is 14.1. The number of carbonyl (C=O) groups is 4. The second kappa shape index (κ2) is 18.2. The Hall–Kier alpha value is -4.46. The second-order valence-electron chi connectivity index (χ2n) is 12.8. The van der Waals surface area contributed by atoms with E-state index in [0.717, 1.165) is 18.7 Å². The molecule has 11 nitrogen and oxygen atoms in total. The summed E-state index contributed by atoms with van der Waals surface area (Å²) in [6.45, 7) is 6.67. The number of ether oxygens (including phenoxy) is 3. The molecule has 0 bridgehead atoms. The molecule has 1 unspecified atom stereocenters. The highest BCUT2D eigenvalue weighted by Gasteiger charge is 2.41. The van der Waals surface area contributed by atoms with Gasteiger partial charge in [0.25, 0.3) is 7.37 Å². The number of hydrogen-bond donors (Lipinski definition) is 2. The van der Waals surface area contributed by atoms with Crippen LogP contribution in [-0.4, -0.2) is 71.1 Å². The first-order valence-electron chi connectivity index (χ1n) is 15.9. The normalized spacial score (nSPS) is 14.0.